The van der Waals surface area contributed by atoms with Crippen LogP contribution in [0.1, 0.15) is 38.1 Å². The first-order valence-electron chi connectivity index (χ1n) is 7.04. The van der Waals surface area contributed by atoms with Gasteiger partial charge in [-0.05, 0) is 12.1 Å². The van der Waals surface area contributed by atoms with E-state index in [1.165, 1.54) is 6.92 Å². The second-order valence-corrected chi connectivity index (χ2v) is 5.87. The highest BCUT2D eigenvalue weighted by Crippen LogP contribution is 2.21. The molecule has 0 spiro atoms. The molecule has 0 aromatic heterocycles. The molecule has 0 fully saturated rings. The molecule has 0 radical (unpaired) electrons. The number of anilines is 1. The van der Waals surface area contributed by atoms with Gasteiger partial charge in [-0.3, -0.25) is 9.59 Å². The molecule has 2 amide bonds. The lowest BCUT2D eigenvalue weighted by atomic mass is 9.95. The van der Waals surface area contributed by atoms with Gasteiger partial charge in [-0.1, -0.05) is 32.9 Å². The molecule has 0 bridgehead atoms. The van der Waals surface area contributed by atoms with Crippen LogP contribution in [0, 0.1) is 5.41 Å². The van der Waals surface area contributed by atoms with Gasteiger partial charge < -0.3 is 15.4 Å². The number of para-hydroxylation sites is 1. The number of ether oxygens (including phenoxy) is 1. The Bertz CT molecular complexity index is 562. The van der Waals surface area contributed by atoms with Gasteiger partial charge in [0.05, 0.1) is 17.8 Å². The lowest BCUT2D eigenvalue weighted by molar-refractivity contribution is -0.123. The van der Waals surface area contributed by atoms with E-state index in [1.807, 2.05) is 0 Å². The van der Waals surface area contributed by atoms with Crippen molar-refractivity contribution in [2.75, 3.05) is 18.5 Å². The molecule has 1 aromatic rings. The summed E-state index contributed by atoms with van der Waals surface area (Å²) in [6, 6.07) is 6.65. The minimum Gasteiger partial charge on any atom is -0.460 e. The molecule has 0 aliphatic heterocycles. The molecule has 6 nitrogen and oxygen atoms in total. The number of carbonyl (C=O) groups is 3. The Labute approximate surface area is 130 Å². The fraction of sp³-hybridized carbons (Fsp3) is 0.438. The minimum absolute atomic E-state index is 0.0694. The Hall–Kier alpha value is -2.37. The number of nitrogens with one attached hydrogen (secondary N) is 2. The molecule has 0 heterocycles. The van der Waals surface area contributed by atoms with Crippen LogP contribution < -0.4 is 10.6 Å². The van der Waals surface area contributed by atoms with Gasteiger partial charge in [-0.15, -0.1) is 0 Å². The Balaban J connectivity index is 2.72. The summed E-state index contributed by atoms with van der Waals surface area (Å²) in [7, 11) is 0. The Morgan fingerprint density at radius 3 is 2.36 bits per heavy atom. The van der Waals surface area contributed by atoms with Gasteiger partial charge in [0.15, 0.2) is 0 Å². The van der Waals surface area contributed by atoms with Gasteiger partial charge in [0, 0.05) is 12.3 Å². The SMILES string of the molecule is CC(=O)NCCOC(=O)c1ccccc1NC(=O)C(C)(C)C. The lowest BCUT2D eigenvalue weighted by Gasteiger charge is -2.19. The lowest BCUT2D eigenvalue weighted by Crippen LogP contribution is -2.29. The maximum Gasteiger partial charge on any atom is 0.340 e. The first kappa shape index (κ1) is 17.7. The fourth-order valence-corrected chi connectivity index (χ4v) is 1.53. The summed E-state index contributed by atoms with van der Waals surface area (Å²) in [5, 5.41) is 5.26. The zero-order valence-electron chi connectivity index (χ0n) is 13.4. The second kappa shape index (κ2) is 7.59. The van der Waals surface area contributed by atoms with E-state index in [9.17, 15) is 14.4 Å². The Morgan fingerprint density at radius 2 is 1.77 bits per heavy atom. The minimum atomic E-state index is -0.567. The summed E-state index contributed by atoms with van der Waals surface area (Å²) in [6.07, 6.45) is 0. The molecule has 0 atom stereocenters. The van der Waals surface area contributed by atoms with Crippen molar-refractivity contribution < 1.29 is 19.1 Å². The molecule has 0 saturated carbocycles. The van der Waals surface area contributed by atoms with E-state index in [1.54, 1.807) is 45.0 Å². The second-order valence-electron chi connectivity index (χ2n) is 5.87. The summed E-state index contributed by atoms with van der Waals surface area (Å²) in [5.41, 5.74) is 0.123. The third kappa shape index (κ3) is 5.55. The molecule has 0 saturated heterocycles. The average Bonchev–Trinajstić information content (AvgIpc) is 2.42. The molecule has 0 aliphatic rings. The topological polar surface area (TPSA) is 84.5 Å². The number of esters is 1. The van der Waals surface area contributed by atoms with Crippen molar-refractivity contribution in [1.29, 1.82) is 0 Å². The largest absolute Gasteiger partial charge is 0.460 e. The molecule has 1 aromatic carbocycles. The van der Waals surface area contributed by atoms with Crippen LogP contribution in [0.25, 0.3) is 0 Å². The van der Waals surface area contributed by atoms with Crippen LogP contribution >= 0.6 is 0 Å². The van der Waals surface area contributed by atoms with Crippen molar-refractivity contribution in [3.63, 3.8) is 0 Å². The van der Waals surface area contributed by atoms with E-state index in [-0.39, 0.29) is 30.5 Å². The average molecular weight is 306 g/mol. The van der Waals surface area contributed by atoms with Crippen LogP contribution in [0.2, 0.25) is 0 Å². The monoisotopic (exact) mass is 306 g/mol. The molecular formula is C16H22N2O4. The fourth-order valence-electron chi connectivity index (χ4n) is 1.53. The summed E-state index contributed by atoms with van der Waals surface area (Å²) < 4.78 is 5.08. The number of carbonyl (C=O) groups excluding carboxylic acids is 3. The molecule has 0 aliphatic carbocycles. The van der Waals surface area contributed by atoms with Crippen LogP contribution in [0.15, 0.2) is 24.3 Å². The van der Waals surface area contributed by atoms with Crippen LogP contribution in [0.4, 0.5) is 5.69 Å². The van der Waals surface area contributed by atoms with E-state index < -0.39 is 11.4 Å². The standard InChI is InChI=1S/C16H22N2O4/c1-11(19)17-9-10-22-14(20)12-7-5-6-8-13(12)18-15(21)16(2,3)4/h5-8H,9-10H2,1-4H3,(H,17,19)(H,18,21). The summed E-state index contributed by atoms with van der Waals surface area (Å²) in [5.74, 6) is -0.921. The molecule has 120 valence electrons. The van der Waals surface area contributed by atoms with Crippen molar-refractivity contribution in [3.05, 3.63) is 29.8 Å². The quantitative estimate of drug-likeness (QED) is 0.643. The van der Waals surface area contributed by atoms with E-state index in [0.717, 1.165) is 0 Å². The number of hydrogen-bond donors (Lipinski definition) is 2. The highest BCUT2D eigenvalue weighted by Gasteiger charge is 2.23. The molecule has 0 unspecified atom stereocenters. The van der Waals surface area contributed by atoms with Gasteiger partial charge in [0.25, 0.3) is 0 Å². The third-order valence-electron chi connectivity index (χ3n) is 2.79. The predicted octanol–water partition coefficient (Wildman–Crippen LogP) is 1.96. The van der Waals surface area contributed by atoms with Gasteiger partial charge >= 0.3 is 5.97 Å². The van der Waals surface area contributed by atoms with E-state index >= 15 is 0 Å². The molecule has 6 heteroatoms. The smallest absolute Gasteiger partial charge is 0.340 e. The number of hydrogen-bond acceptors (Lipinski definition) is 4. The zero-order chi connectivity index (χ0) is 16.8. The third-order valence-corrected chi connectivity index (χ3v) is 2.79. The maximum atomic E-state index is 12.1. The van der Waals surface area contributed by atoms with Crippen molar-refractivity contribution in [1.82, 2.24) is 5.32 Å². The molecular weight excluding hydrogens is 284 g/mol. The van der Waals surface area contributed by atoms with Gasteiger partial charge in [-0.2, -0.15) is 0 Å². The molecule has 2 N–H and O–H groups in total. The van der Waals surface area contributed by atoms with Crippen LogP contribution in [0.3, 0.4) is 0 Å². The summed E-state index contributed by atoms with van der Waals surface area (Å²) in [6.45, 7) is 7.07. The van der Waals surface area contributed by atoms with Gasteiger partial charge in [0.1, 0.15) is 6.61 Å². The summed E-state index contributed by atoms with van der Waals surface area (Å²) in [4.78, 5) is 34.8. The summed E-state index contributed by atoms with van der Waals surface area (Å²) >= 11 is 0. The van der Waals surface area contributed by atoms with Crippen LogP contribution in [-0.4, -0.2) is 30.9 Å². The van der Waals surface area contributed by atoms with E-state index in [2.05, 4.69) is 10.6 Å². The van der Waals surface area contributed by atoms with E-state index in [4.69, 9.17) is 4.74 Å². The Kier molecular flexibility index (Phi) is 6.10. The van der Waals surface area contributed by atoms with Crippen molar-refractivity contribution in [2.45, 2.75) is 27.7 Å². The number of amides is 2. The number of rotatable bonds is 5. The van der Waals surface area contributed by atoms with Gasteiger partial charge in [0.2, 0.25) is 11.8 Å². The number of benzene rings is 1. The maximum absolute atomic E-state index is 12.1. The van der Waals surface area contributed by atoms with Crippen LogP contribution in [-0.2, 0) is 14.3 Å². The Morgan fingerprint density at radius 1 is 1.14 bits per heavy atom. The van der Waals surface area contributed by atoms with Crippen molar-refractivity contribution in [3.8, 4) is 0 Å². The first-order chi connectivity index (χ1) is 10.2. The normalized spacial score (nSPS) is 10.7. The van der Waals surface area contributed by atoms with E-state index in [0.29, 0.717) is 5.69 Å². The van der Waals surface area contributed by atoms with Gasteiger partial charge in [-0.25, -0.2) is 4.79 Å². The predicted molar refractivity (Wildman–Crippen MR) is 83.5 cm³/mol. The highest BCUT2D eigenvalue weighted by atomic mass is 16.5. The molecule has 1 rings (SSSR count). The zero-order valence-corrected chi connectivity index (χ0v) is 13.4. The molecule has 22 heavy (non-hydrogen) atoms. The van der Waals surface area contributed by atoms with Crippen molar-refractivity contribution >= 4 is 23.5 Å². The first-order valence-corrected chi connectivity index (χ1v) is 7.04. The van der Waals surface area contributed by atoms with Crippen molar-refractivity contribution in [2.24, 2.45) is 5.41 Å². The van der Waals surface area contributed by atoms with Crippen LogP contribution in [0.5, 0.6) is 0 Å². The highest BCUT2D eigenvalue weighted by molar-refractivity contribution is 6.02.